The van der Waals surface area contributed by atoms with Gasteiger partial charge in [0, 0.05) is 32.2 Å². The summed E-state index contributed by atoms with van der Waals surface area (Å²) in [6, 6.07) is 18.7. The smallest absolute Gasteiger partial charge is 0.115 e. The number of benzene rings is 2. The van der Waals surface area contributed by atoms with E-state index in [4.69, 9.17) is 0 Å². The van der Waals surface area contributed by atoms with Gasteiger partial charge in [-0.25, -0.2) is 0 Å². The molecule has 3 nitrogen and oxygen atoms in total. The lowest BCUT2D eigenvalue weighted by Gasteiger charge is -2.40. The lowest BCUT2D eigenvalue weighted by Crippen LogP contribution is -2.46. The van der Waals surface area contributed by atoms with E-state index >= 15 is 0 Å². The molecule has 0 saturated carbocycles. The first-order valence-electron chi connectivity index (χ1n) is 7.48. The van der Waals surface area contributed by atoms with Gasteiger partial charge in [0.2, 0.25) is 0 Å². The van der Waals surface area contributed by atoms with E-state index in [0.717, 1.165) is 26.2 Å². The first kappa shape index (κ1) is 14.1. The number of nitrogens with zero attached hydrogens (tertiary/aromatic N) is 2. The number of hydrogen-bond acceptors (Lipinski definition) is 3. The zero-order valence-corrected chi connectivity index (χ0v) is 12.4. The maximum Gasteiger partial charge on any atom is 0.115 e. The predicted molar refractivity (Wildman–Crippen MR) is 85.2 cm³/mol. The minimum atomic E-state index is 0.345. The monoisotopic (exact) mass is 282 g/mol. The van der Waals surface area contributed by atoms with Crippen LogP contribution in [0.4, 0.5) is 0 Å². The highest BCUT2D eigenvalue weighted by molar-refractivity contribution is 5.28. The fourth-order valence-electron chi connectivity index (χ4n) is 3.03. The Balaban J connectivity index is 1.81. The largest absolute Gasteiger partial charge is 0.508 e. The van der Waals surface area contributed by atoms with Crippen molar-refractivity contribution >= 4 is 0 Å². The molecule has 0 bridgehead atoms. The number of rotatable bonds is 3. The summed E-state index contributed by atoms with van der Waals surface area (Å²) >= 11 is 0. The number of aromatic hydroxyl groups is 1. The minimum Gasteiger partial charge on any atom is -0.508 e. The van der Waals surface area contributed by atoms with E-state index in [1.807, 2.05) is 12.1 Å². The molecular formula is C18H22N2O. The molecule has 1 heterocycles. The van der Waals surface area contributed by atoms with Crippen LogP contribution < -0.4 is 0 Å². The van der Waals surface area contributed by atoms with Gasteiger partial charge in [-0.3, -0.25) is 4.90 Å². The Morgan fingerprint density at radius 2 is 1.86 bits per heavy atom. The van der Waals surface area contributed by atoms with Crippen molar-refractivity contribution in [3.05, 3.63) is 65.7 Å². The lowest BCUT2D eigenvalue weighted by molar-refractivity contribution is 0.0833. The van der Waals surface area contributed by atoms with Gasteiger partial charge in [0.05, 0.1) is 0 Å². The van der Waals surface area contributed by atoms with Crippen LogP contribution in [0.25, 0.3) is 0 Å². The Labute approximate surface area is 126 Å². The van der Waals surface area contributed by atoms with Gasteiger partial charge in [0.25, 0.3) is 0 Å². The van der Waals surface area contributed by atoms with Crippen molar-refractivity contribution in [2.24, 2.45) is 0 Å². The molecular weight excluding hydrogens is 260 g/mol. The molecule has 0 aromatic heterocycles. The molecule has 0 aliphatic carbocycles. The predicted octanol–water partition coefficient (Wildman–Crippen LogP) is 2.88. The van der Waals surface area contributed by atoms with Crippen LogP contribution in [0.5, 0.6) is 5.75 Å². The van der Waals surface area contributed by atoms with Crippen LogP contribution in [-0.2, 0) is 6.54 Å². The quantitative estimate of drug-likeness (QED) is 0.937. The van der Waals surface area contributed by atoms with Crippen molar-refractivity contribution in [2.75, 3.05) is 26.7 Å². The summed E-state index contributed by atoms with van der Waals surface area (Å²) < 4.78 is 0. The molecule has 0 spiro atoms. The van der Waals surface area contributed by atoms with Gasteiger partial charge in [-0.15, -0.1) is 0 Å². The molecule has 1 N–H and O–H groups in total. The average Bonchev–Trinajstić information content (AvgIpc) is 2.50. The summed E-state index contributed by atoms with van der Waals surface area (Å²) in [5.74, 6) is 0.345. The van der Waals surface area contributed by atoms with E-state index in [2.05, 4.69) is 53.2 Å². The second kappa shape index (κ2) is 6.29. The van der Waals surface area contributed by atoms with Gasteiger partial charge in [-0.2, -0.15) is 0 Å². The molecule has 2 aromatic carbocycles. The molecule has 2 aromatic rings. The van der Waals surface area contributed by atoms with E-state index in [9.17, 15) is 5.11 Å². The van der Waals surface area contributed by atoms with E-state index < -0.39 is 0 Å². The molecule has 1 fully saturated rings. The fourth-order valence-corrected chi connectivity index (χ4v) is 3.03. The molecule has 110 valence electrons. The summed E-state index contributed by atoms with van der Waals surface area (Å²) in [4.78, 5) is 4.89. The molecule has 1 saturated heterocycles. The number of likely N-dealkylation sites (N-methyl/N-ethyl adjacent to an activating group) is 1. The number of phenols is 1. The highest BCUT2D eigenvalue weighted by Gasteiger charge is 2.26. The summed E-state index contributed by atoms with van der Waals surface area (Å²) in [6.45, 7) is 4.05. The summed E-state index contributed by atoms with van der Waals surface area (Å²) in [7, 11) is 2.18. The first-order valence-corrected chi connectivity index (χ1v) is 7.48. The van der Waals surface area contributed by atoms with Crippen LogP contribution >= 0.6 is 0 Å². The van der Waals surface area contributed by atoms with Gasteiger partial charge in [0.15, 0.2) is 0 Å². The third kappa shape index (κ3) is 3.43. The Morgan fingerprint density at radius 1 is 1.05 bits per heavy atom. The van der Waals surface area contributed by atoms with Gasteiger partial charge in [-0.05, 0) is 30.3 Å². The van der Waals surface area contributed by atoms with Gasteiger partial charge in [-0.1, -0.05) is 42.5 Å². The molecule has 0 radical (unpaired) electrons. The number of hydrogen-bond donors (Lipinski definition) is 1. The third-order valence-corrected chi connectivity index (χ3v) is 4.17. The number of phenolic OH excluding ortho intramolecular Hbond substituents is 1. The topological polar surface area (TPSA) is 26.7 Å². The Hall–Kier alpha value is -1.84. The summed E-state index contributed by atoms with van der Waals surface area (Å²) in [6.07, 6.45) is 0. The molecule has 1 unspecified atom stereocenters. The van der Waals surface area contributed by atoms with Crippen LogP contribution in [0.15, 0.2) is 54.6 Å². The third-order valence-electron chi connectivity index (χ3n) is 4.17. The van der Waals surface area contributed by atoms with Crippen LogP contribution in [0.1, 0.15) is 17.2 Å². The summed E-state index contributed by atoms with van der Waals surface area (Å²) in [5, 5.41) is 9.64. The molecule has 3 heteroatoms. The molecule has 3 rings (SSSR count). The van der Waals surface area contributed by atoms with E-state index in [0.29, 0.717) is 11.8 Å². The lowest BCUT2D eigenvalue weighted by atomic mass is 10.0. The van der Waals surface area contributed by atoms with E-state index in [1.54, 1.807) is 6.07 Å². The molecule has 21 heavy (non-hydrogen) atoms. The van der Waals surface area contributed by atoms with Crippen molar-refractivity contribution < 1.29 is 5.11 Å². The van der Waals surface area contributed by atoms with Crippen LogP contribution in [0, 0.1) is 0 Å². The standard InChI is InChI=1S/C18H22N2O/c1-19-10-11-20(13-15-6-5-9-17(21)12-15)18(14-19)16-7-3-2-4-8-16/h2-9,12,18,21H,10-11,13-14H2,1H3. The normalized spacial score (nSPS) is 20.5. The first-order chi connectivity index (χ1) is 10.2. The highest BCUT2D eigenvalue weighted by Crippen LogP contribution is 2.27. The zero-order chi connectivity index (χ0) is 14.7. The van der Waals surface area contributed by atoms with Gasteiger partial charge < -0.3 is 10.0 Å². The van der Waals surface area contributed by atoms with Crippen LogP contribution in [-0.4, -0.2) is 41.6 Å². The maximum absolute atomic E-state index is 9.64. The second-order valence-electron chi connectivity index (χ2n) is 5.83. The summed E-state index contributed by atoms with van der Waals surface area (Å²) in [5.41, 5.74) is 2.53. The van der Waals surface area contributed by atoms with E-state index in [-0.39, 0.29) is 0 Å². The highest BCUT2D eigenvalue weighted by atomic mass is 16.3. The zero-order valence-electron chi connectivity index (χ0n) is 12.4. The fraction of sp³-hybridized carbons (Fsp3) is 0.333. The Bertz CT molecular complexity index is 585. The second-order valence-corrected chi connectivity index (χ2v) is 5.83. The van der Waals surface area contributed by atoms with Crippen LogP contribution in [0.2, 0.25) is 0 Å². The SMILES string of the molecule is CN1CCN(Cc2cccc(O)c2)C(c2ccccc2)C1. The van der Waals surface area contributed by atoms with Crippen molar-refractivity contribution in [1.82, 2.24) is 9.80 Å². The van der Waals surface area contributed by atoms with Gasteiger partial charge >= 0.3 is 0 Å². The van der Waals surface area contributed by atoms with Crippen LogP contribution in [0.3, 0.4) is 0 Å². The maximum atomic E-state index is 9.64. The molecule has 1 aliphatic rings. The van der Waals surface area contributed by atoms with Crippen molar-refractivity contribution in [2.45, 2.75) is 12.6 Å². The van der Waals surface area contributed by atoms with E-state index in [1.165, 1.54) is 11.1 Å². The molecule has 0 amide bonds. The molecule has 1 aliphatic heterocycles. The average molecular weight is 282 g/mol. The van der Waals surface area contributed by atoms with Crippen molar-refractivity contribution in [3.8, 4) is 5.75 Å². The number of piperazine rings is 1. The van der Waals surface area contributed by atoms with Crippen molar-refractivity contribution in [3.63, 3.8) is 0 Å². The van der Waals surface area contributed by atoms with Gasteiger partial charge in [0.1, 0.15) is 5.75 Å². The minimum absolute atomic E-state index is 0.345. The molecule has 1 atom stereocenters. The van der Waals surface area contributed by atoms with Crippen molar-refractivity contribution in [1.29, 1.82) is 0 Å². The Kier molecular flexibility index (Phi) is 4.23. The Morgan fingerprint density at radius 3 is 2.62 bits per heavy atom.